The molecule has 4 heteroatoms. The first kappa shape index (κ1) is 12.1. The minimum absolute atomic E-state index is 0.570. The Labute approximate surface area is 106 Å². The summed E-state index contributed by atoms with van der Waals surface area (Å²) in [4.78, 5) is 4.45. The summed E-state index contributed by atoms with van der Waals surface area (Å²) >= 11 is 6.16. The molecule has 2 rings (SSSR count). The molecule has 2 aromatic rings. The maximum atomic E-state index is 6.16. The molecule has 0 unspecified atom stereocenters. The van der Waals surface area contributed by atoms with Crippen LogP contribution in [0.2, 0.25) is 5.15 Å². The van der Waals surface area contributed by atoms with Crippen molar-refractivity contribution in [2.24, 2.45) is 7.05 Å². The number of hydrogen-bond acceptors (Lipinski definition) is 2. The van der Waals surface area contributed by atoms with Gasteiger partial charge in [0.05, 0.1) is 5.69 Å². The molecule has 3 nitrogen and oxygen atoms in total. The molecule has 1 aromatic heterocycles. The Morgan fingerprint density at radius 2 is 2.06 bits per heavy atom. The number of halogens is 1. The second-order valence-electron chi connectivity index (χ2n) is 4.08. The van der Waals surface area contributed by atoms with Crippen LogP contribution in [0.5, 0.6) is 0 Å². The highest BCUT2D eigenvalue weighted by Crippen LogP contribution is 2.26. The number of imidazole rings is 1. The highest BCUT2D eigenvalue weighted by Gasteiger charge is 2.14. The van der Waals surface area contributed by atoms with Crippen LogP contribution in [-0.2, 0) is 13.6 Å². The fraction of sp³-hybridized carbons (Fsp3) is 0.308. The van der Waals surface area contributed by atoms with Gasteiger partial charge >= 0.3 is 0 Å². The van der Waals surface area contributed by atoms with Crippen molar-refractivity contribution in [2.45, 2.75) is 13.5 Å². The van der Waals surface area contributed by atoms with Crippen molar-refractivity contribution in [1.29, 1.82) is 0 Å². The Morgan fingerprint density at radius 3 is 2.71 bits per heavy atom. The third-order valence-corrected chi connectivity index (χ3v) is 3.20. The van der Waals surface area contributed by atoms with E-state index in [1.54, 1.807) is 0 Å². The van der Waals surface area contributed by atoms with Crippen LogP contribution >= 0.6 is 11.6 Å². The maximum Gasteiger partial charge on any atom is 0.152 e. The summed E-state index contributed by atoms with van der Waals surface area (Å²) in [5, 5.41) is 3.67. The summed E-state index contributed by atoms with van der Waals surface area (Å²) in [6, 6.07) is 8.19. The van der Waals surface area contributed by atoms with Crippen molar-refractivity contribution in [3.05, 3.63) is 40.7 Å². The number of hydrogen-bond donors (Lipinski definition) is 1. The van der Waals surface area contributed by atoms with Crippen molar-refractivity contribution in [3.8, 4) is 11.4 Å². The molecule has 0 amide bonds. The van der Waals surface area contributed by atoms with E-state index in [-0.39, 0.29) is 0 Å². The SMILES string of the molecule is CNCc1c(Cl)nc(-c2ccccc2C)n1C. The molecule has 0 atom stereocenters. The lowest BCUT2D eigenvalue weighted by atomic mass is 10.1. The average molecular weight is 250 g/mol. The molecule has 1 heterocycles. The van der Waals surface area contributed by atoms with Gasteiger partial charge in [0, 0.05) is 19.2 Å². The quantitative estimate of drug-likeness (QED) is 0.907. The standard InChI is InChI=1S/C13H16ClN3/c1-9-6-4-5-7-10(9)13-16-12(14)11(8-15-2)17(13)3/h4-7,15H,8H2,1-3H3. The van der Waals surface area contributed by atoms with Gasteiger partial charge in [-0.3, -0.25) is 0 Å². The monoisotopic (exact) mass is 249 g/mol. The van der Waals surface area contributed by atoms with E-state index in [2.05, 4.69) is 29.4 Å². The molecule has 0 aliphatic carbocycles. The van der Waals surface area contributed by atoms with Crippen LogP contribution in [0, 0.1) is 6.92 Å². The molecule has 0 bridgehead atoms. The van der Waals surface area contributed by atoms with Gasteiger partial charge in [0.2, 0.25) is 0 Å². The van der Waals surface area contributed by atoms with Gasteiger partial charge in [-0.05, 0) is 19.5 Å². The summed E-state index contributed by atoms with van der Waals surface area (Å²) in [6.45, 7) is 2.80. The second kappa shape index (κ2) is 4.90. The highest BCUT2D eigenvalue weighted by atomic mass is 35.5. The molecule has 1 aromatic carbocycles. The van der Waals surface area contributed by atoms with E-state index in [0.29, 0.717) is 11.7 Å². The predicted molar refractivity (Wildman–Crippen MR) is 71.2 cm³/mol. The molecule has 0 radical (unpaired) electrons. The second-order valence-corrected chi connectivity index (χ2v) is 4.44. The zero-order chi connectivity index (χ0) is 12.4. The van der Waals surface area contributed by atoms with E-state index in [9.17, 15) is 0 Å². The fourth-order valence-corrected chi connectivity index (χ4v) is 2.20. The summed E-state index contributed by atoms with van der Waals surface area (Å²) in [5.74, 6) is 0.915. The zero-order valence-corrected chi connectivity index (χ0v) is 11.0. The molecule has 90 valence electrons. The maximum absolute atomic E-state index is 6.16. The van der Waals surface area contributed by atoms with Crippen molar-refractivity contribution in [1.82, 2.24) is 14.9 Å². The Balaban J connectivity index is 2.54. The molecule has 0 saturated heterocycles. The van der Waals surface area contributed by atoms with Gasteiger partial charge in [-0.25, -0.2) is 4.98 Å². The molecular weight excluding hydrogens is 234 g/mol. The van der Waals surface area contributed by atoms with E-state index < -0.39 is 0 Å². The number of aromatic nitrogens is 2. The molecule has 17 heavy (non-hydrogen) atoms. The highest BCUT2D eigenvalue weighted by molar-refractivity contribution is 6.30. The number of nitrogens with zero attached hydrogens (tertiary/aromatic N) is 2. The number of aryl methyl sites for hydroxylation is 1. The van der Waals surface area contributed by atoms with Crippen LogP contribution in [0.3, 0.4) is 0 Å². The predicted octanol–water partition coefficient (Wildman–Crippen LogP) is 2.77. The molecule has 0 fully saturated rings. The van der Waals surface area contributed by atoms with Gasteiger partial charge in [0.1, 0.15) is 5.82 Å². The van der Waals surface area contributed by atoms with Gasteiger partial charge < -0.3 is 9.88 Å². The smallest absolute Gasteiger partial charge is 0.152 e. The number of nitrogens with one attached hydrogen (secondary N) is 1. The Kier molecular flexibility index (Phi) is 3.50. The normalized spacial score (nSPS) is 10.8. The molecule has 0 spiro atoms. The van der Waals surface area contributed by atoms with Crippen LogP contribution in [-0.4, -0.2) is 16.6 Å². The lowest BCUT2D eigenvalue weighted by Crippen LogP contribution is -2.10. The Morgan fingerprint density at radius 1 is 1.35 bits per heavy atom. The van der Waals surface area contributed by atoms with E-state index >= 15 is 0 Å². The van der Waals surface area contributed by atoms with E-state index in [0.717, 1.165) is 17.1 Å². The summed E-state index contributed by atoms with van der Waals surface area (Å²) < 4.78 is 2.04. The Hall–Kier alpha value is -1.32. The van der Waals surface area contributed by atoms with Crippen molar-refractivity contribution >= 4 is 11.6 Å². The van der Waals surface area contributed by atoms with Crippen LogP contribution < -0.4 is 5.32 Å². The molecule has 0 aliphatic rings. The number of rotatable bonds is 3. The van der Waals surface area contributed by atoms with Gasteiger partial charge in [-0.15, -0.1) is 0 Å². The topological polar surface area (TPSA) is 29.9 Å². The van der Waals surface area contributed by atoms with E-state index in [1.807, 2.05) is 30.8 Å². The third kappa shape index (κ3) is 2.21. The van der Waals surface area contributed by atoms with Crippen LogP contribution in [0.15, 0.2) is 24.3 Å². The van der Waals surface area contributed by atoms with Crippen molar-refractivity contribution in [3.63, 3.8) is 0 Å². The van der Waals surface area contributed by atoms with Gasteiger partial charge in [-0.1, -0.05) is 35.9 Å². The summed E-state index contributed by atoms with van der Waals surface area (Å²) in [7, 11) is 3.89. The first-order valence-corrected chi connectivity index (χ1v) is 5.94. The lowest BCUT2D eigenvalue weighted by molar-refractivity contribution is 0.737. The average Bonchev–Trinajstić information content (AvgIpc) is 2.58. The minimum atomic E-state index is 0.570. The summed E-state index contributed by atoms with van der Waals surface area (Å²) in [6.07, 6.45) is 0. The third-order valence-electron chi connectivity index (χ3n) is 2.89. The van der Waals surface area contributed by atoms with Crippen LogP contribution in [0.25, 0.3) is 11.4 Å². The summed E-state index contributed by atoms with van der Waals surface area (Å²) in [5.41, 5.74) is 3.33. The van der Waals surface area contributed by atoms with Crippen LogP contribution in [0.1, 0.15) is 11.3 Å². The molecular formula is C13H16ClN3. The fourth-order valence-electron chi connectivity index (χ4n) is 1.92. The van der Waals surface area contributed by atoms with Gasteiger partial charge in [-0.2, -0.15) is 0 Å². The van der Waals surface area contributed by atoms with Crippen molar-refractivity contribution in [2.75, 3.05) is 7.05 Å². The largest absolute Gasteiger partial charge is 0.329 e. The first-order valence-electron chi connectivity index (χ1n) is 5.57. The van der Waals surface area contributed by atoms with Crippen LogP contribution in [0.4, 0.5) is 0 Å². The molecule has 1 N–H and O–H groups in total. The number of benzene rings is 1. The first-order chi connectivity index (χ1) is 8.15. The van der Waals surface area contributed by atoms with E-state index in [1.165, 1.54) is 5.56 Å². The van der Waals surface area contributed by atoms with Crippen molar-refractivity contribution < 1.29 is 0 Å². The molecule has 0 saturated carbocycles. The minimum Gasteiger partial charge on any atom is -0.329 e. The lowest BCUT2D eigenvalue weighted by Gasteiger charge is -2.07. The molecule has 0 aliphatic heterocycles. The Bertz CT molecular complexity index is 531. The van der Waals surface area contributed by atoms with E-state index in [4.69, 9.17) is 11.6 Å². The van der Waals surface area contributed by atoms with Gasteiger partial charge in [0.25, 0.3) is 0 Å². The van der Waals surface area contributed by atoms with Gasteiger partial charge in [0.15, 0.2) is 5.15 Å². The zero-order valence-electron chi connectivity index (χ0n) is 10.3.